The second kappa shape index (κ2) is 8.06. The summed E-state index contributed by atoms with van der Waals surface area (Å²) in [6.07, 6.45) is 7.84. The monoisotopic (exact) mass is 404 g/mol. The summed E-state index contributed by atoms with van der Waals surface area (Å²) >= 11 is 12.0. The summed E-state index contributed by atoms with van der Waals surface area (Å²) in [7, 11) is 0. The predicted octanol–water partition coefficient (Wildman–Crippen LogP) is 4.92. The molecule has 0 spiro atoms. The van der Waals surface area contributed by atoms with Crippen molar-refractivity contribution < 1.29 is 9.59 Å². The molecule has 140 valence electrons. The third-order valence-corrected chi connectivity index (χ3v) is 5.04. The Morgan fingerprint density at radius 3 is 2.48 bits per heavy atom. The van der Waals surface area contributed by atoms with Crippen LogP contribution in [0.4, 0.5) is 5.69 Å². The molecule has 0 aliphatic rings. The normalized spacial score (nSPS) is 11.1. The molecule has 6 nitrogen and oxygen atoms in total. The highest BCUT2D eigenvalue weighted by Gasteiger charge is 2.25. The van der Waals surface area contributed by atoms with E-state index in [9.17, 15) is 9.59 Å². The van der Waals surface area contributed by atoms with Crippen molar-refractivity contribution in [1.29, 1.82) is 0 Å². The number of rotatable bonds is 6. The van der Waals surface area contributed by atoms with Crippen molar-refractivity contribution in [3.8, 4) is 0 Å². The second-order valence-corrected chi connectivity index (χ2v) is 6.87. The predicted molar refractivity (Wildman–Crippen MR) is 107 cm³/mol. The minimum absolute atomic E-state index is 0.157. The third kappa shape index (κ3) is 3.68. The number of hydrogen-bond acceptors (Lipinski definition) is 4. The van der Waals surface area contributed by atoms with Crippen LogP contribution in [0.1, 0.15) is 43.1 Å². The minimum Gasteiger partial charge on any atom is -0.329 e. The van der Waals surface area contributed by atoms with Gasteiger partial charge in [0.15, 0.2) is 0 Å². The molecule has 3 heterocycles. The molecule has 0 unspecified atom stereocenters. The Hall–Kier alpha value is -2.44. The van der Waals surface area contributed by atoms with Gasteiger partial charge < -0.3 is 9.88 Å². The maximum absolute atomic E-state index is 12.8. The summed E-state index contributed by atoms with van der Waals surface area (Å²) in [5, 5.41) is 3.44. The summed E-state index contributed by atoms with van der Waals surface area (Å²) in [5.74, 6) is -1.50. The number of halogens is 2. The number of ketones is 1. The lowest BCUT2D eigenvalue weighted by Crippen LogP contribution is -2.23. The van der Waals surface area contributed by atoms with Crippen molar-refractivity contribution in [1.82, 2.24) is 14.5 Å². The molecule has 0 saturated heterocycles. The van der Waals surface area contributed by atoms with Gasteiger partial charge in [0.1, 0.15) is 5.65 Å². The Morgan fingerprint density at radius 1 is 1.19 bits per heavy atom. The molecule has 0 atom stereocenters. The van der Waals surface area contributed by atoms with E-state index in [-0.39, 0.29) is 21.8 Å². The van der Waals surface area contributed by atoms with E-state index in [1.54, 1.807) is 24.5 Å². The van der Waals surface area contributed by atoms with Gasteiger partial charge in [-0.2, -0.15) is 0 Å². The Balaban J connectivity index is 1.99. The zero-order chi connectivity index (χ0) is 19.6. The summed E-state index contributed by atoms with van der Waals surface area (Å²) in [5.41, 5.74) is 1.14. The van der Waals surface area contributed by atoms with Crippen LogP contribution in [-0.2, 0) is 4.79 Å². The van der Waals surface area contributed by atoms with Crippen LogP contribution in [0, 0.1) is 0 Å². The SMILES string of the molecule is CCC(CC)n1cc(C(=O)C(=O)Nc2c(Cl)cncc2Cl)c2cccnc21. The van der Waals surface area contributed by atoms with E-state index < -0.39 is 11.7 Å². The van der Waals surface area contributed by atoms with E-state index in [2.05, 4.69) is 29.1 Å². The number of anilines is 1. The molecule has 27 heavy (non-hydrogen) atoms. The van der Waals surface area contributed by atoms with Crippen LogP contribution < -0.4 is 5.32 Å². The van der Waals surface area contributed by atoms with E-state index in [1.807, 2.05) is 4.57 Å². The molecule has 3 aromatic heterocycles. The molecule has 1 amide bonds. The molecular formula is C19H18Cl2N4O2. The van der Waals surface area contributed by atoms with Crippen LogP contribution in [0.25, 0.3) is 11.0 Å². The van der Waals surface area contributed by atoms with Gasteiger partial charge in [-0.1, -0.05) is 37.0 Å². The van der Waals surface area contributed by atoms with Crippen LogP contribution in [0.3, 0.4) is 0 Å². The van der Waals surface area contributed by atoms with Gasteiger partial charge in [-0.15, -0.1) is 0 Å². The first kappa shape index (κ1) is 19.3. The number of Topliss-reactive ketones (excluding diaryl/α,β-unsaturated/α-hetero) is 1. The fraction of sp³-hybridized carbons (Fsp3) is 0.263. The highest BCUT2D eigenvalue weighted by atomic mass is 35.5. The number of carbonyl (C=O) groups is 2. The third-order valence-electron chi connectivity index (χ3n) is 4.47. The number of aromatic nitrogens is 3. The minimum atomic E-state index is -0.822. The number of fused-ring (bicyclic) bond motifs is 1. The van der Waals surface area contributed by atoms with E-state index in [4.69, 9.17) is 23.2 Å². The molecule has 0 aromatic carbocycles. The van der Waals surface area contributed by atoms with Gasteiger partial charge in [0.25, 0.3) is 11.7 Å². The Morgan fingerprint density at radius 2 is 1.85 bits per heavy atom. The second-order valence-electron chi connectivity index (χ2n) is 6.06. The van der Waals surface area contributed by atoms with Crippen LogP contribution in [0.5, 0.6) is 0 Å². The van der Waals surface area contributed by atoms with Gasteiger partial charge in [0.05, 0.1) is 21.3 Å². The van der Waals surface area contributed by atoms with Crippen molar-refractivity contribution >= 4 is 51.6 Å². The Labute approximate surface area is 166 Å². The average Bonchev–Trinajstić information content (AvgIpc) is 3.05. The van der Waals surface area contributed by atoms with Gasteiger partial charge in [0.2, 0.25) is 0 Å². The molecule has 0 bridgehead atoms. The first-order valence-corrected chi connectivity index (χ1v) is 9.33. The smallest absolute Gasteiger partial charge is 0.296 e. The topological polar surface area (TPSA) is 76.9 Å². The summed E-state index contributed by atoms with van der Waals surface area (Å²) in [6, 6.07) is 3.72. The number of pyridine rings is 2. The van der Waals surface area contributed by atoms with E-state index >= 15 is 0 Å². The fourth-order valence-corrected chi connectivity index (χ4v) is 3.51. The molecule has 0 fully saturated rings. The highest BCUT2D eigenvalue weighted by molar-refractivity contribution is 6.50. The molecule has 0 radical (unpaired) electrons. The number of amides is 1. The van der Waals surface area contributed by atoms with Crippen LogP contribution in [-0.4, -0.2) is 26.2 Å². The van der Waals surface area contributed by atoms with Crippen molar-refractivity contribution in [2.24, 2.45) is 0 Å². The largest absolute Gasteiger partial charge is 0.329 e. The van der Waals surface area contributed by atoms with Gasteiger partial charge in [-0.05, 0) is 25.0 Å². The summed E-state index contributed by atoms with van der Waals surface area (Å²) in [4.78, 5) is 33.6. The first-order valence-electron chi connectivity index (χ1n) is 8.58. The molecule has 0 aliphatic carbocycles. The van der Waals surface area contributed by atoms with Gasteiger partial charge >= 0.3 is 0 Å². The van der Waals surface area contributed by atoms with Crippen molar-refractivity contribution in [2.75, 3.05) is 5.32 Å². The molecular weight excluding hydrogens is 387 g/mol. The lowest BCUT2D eigenvalue weighted by atomic mass is 10.1. The lowest BCUT2D eigenvalue weighted by Gasteiger charge is -2.15. The zero-order valence-electron chi connectivity index (χ0n) is 14.9. The quantitative estimate of drug-likeness (QED) is 0.467. The van der Waals surface area contributed by atoms with Gasteiger partial charge in [-0.3, -0.25) is 14.6 Å². The summed E-state index contributed by atoms with van der Waals surface area (Å²) < 4.78 is 1.96. The standard InChI is InChI=1S/C19H18Cl2N4O2/c1-3-11(4-2)25-10-13(12-6-5-7-23-18(12)25)17(26)19(27)24-16-14(20)8-22-9-15(16)21/h5-11H,3-4H2,1-2H3,(H,22,24,27). The zero-order valence-corrected chi connectivity index (χ0v) is 16.4. The van der Waals surface area contributed by atoms with Crippen LogP contribution in [0.2, 0.25) is 10.0 Å². The molecule has 8 heteroatoms. The number of nitrogens with zero attached hydrogens (tertiary/aromatic N) is 3. The molecule has 1 N–H and O–H groups in total. The average molecular weight is 405 g/mol. The maximum Gasteiger partial charge on any atom is 0.296 e. The number of nitrogens with one attached hydrogen (secondary N) is 1. The van der Waals surface area contributed by atoms with Crippen molar-refractivity contribution in [3.63, 3.8) is 0 Å². The molecule has 0 aliphatic heterocycles. The maximum atomic E-state index is 12.8. The number of carbonyl (C=O) groups excluding carboxylic acids is 2. The van der Waals surface area contributed by atoms with Crippen molar-refractivity contribution in [2.45, 2.75) is 32.7 Å². The Bertz CT molecular complexity index is 992. The van der Waals surface area contributed by atoms with Crippen LogP contribution in [0.15, 0.2) is 36.9 Å². The highest BCUT2D eigenvalue weighted by Crippen LogP contribution is 2.30. The Kier molecular flexibility index (Phi) is 5.77. The summed E-state index contributed by atoms with van der Waals surface area (Å²) in [6.45, 7) is 4.15. The van der Waals surface area contributed by atoms with Crippen molar-refractivity contribution in [3.05, 3.63) is 52.5 Å². The molecule has 3 aromatic rings. The fourth-order valence-electron chi connectivity index (χ4n) is 3.05. The molecule has 3 rings (SSSR count). The van der Waals surface area contributed by atoms with Gasteiger partial charge in [-0.25, -0.2) is 4.98 Å². The number of hydrogen-bond donors (Lipinski definition) is 1. The van der Waals surface area contributed by atoms with E-state index in [0.717, 1.165) is 12.8 Å². The molecule has 0 saturated carbocycles. The van der Waals surface area contributed by atoms with Gasteiger partial charge in [0, 0.05) is 36.2 Å². The van der Waals surface area contributed by atoms with E-state index in [1.165, 1.54) is 12.4 Å². The van der Waals surface area contributed by atoms with E-state index in [0.29, 0.717) is 16.6 Å². The van der Waals surface area contributed by atoms with Crippen LogP contribution >= 0.6 is 23.2 Å². The first-order chi connectivity index (χ1) is 13.0. The lowest BCUT2D eigenvalue weighted by molar-refractivity contribution is -0.112.